The zero-order valence-electron chi connectivity index (χ0n) is 12.1. The molecule has 2 unspecified atom stereocenters. The summed E-state index contributed by atoms with van der Waals surface area (Å²) >= 11 is 1.73. The van der Waals surface area contributed by atoms with Gasteiger partial charge in [-0.05, 0) is 32.8 Å². The van der Waals surface area contributed by atoms with Crippen LogP contribution in [-0.2, 0) is 0 Å². The maximum absolute atomic E-state index is 4.56. The SMILES string of the molecule is CCC(NC(C)c1nc(C)cs1)c1ccc(C)cc1. The average molecular weight is 274 g/mol. The molecule has 1 aromatic carbocycles. The molecule has 2 nitrogen and oxygen atoms in total. The van der Waals surface area contributed by atoms with Crippen LogP contribution in [0.3, 0.4) is 0 Å². The van der Waals surface area contributed by atoms with Gasteiger partial charge in [0.2, 0.25) is 0 Å². The molecule has 0 amide bonds. The molecule has 1 heterocycles. The molecule has 0 aliphatic carbocycles. The Kier molecular flexibility index (Phi) is 4.72. The number of nitrogens with one attached hydrogen (secondary N) is 1. The highest BCUT2D eigenvalue weighted by atomic mass is 32.1. The first-order valence-corrected chi connectivity index (χ1v) is 7.72. The smallest absolute Gasteiger partial charge is 0.110 e. The quantitative estimate of drug-likeness (QED) is 0.864. The van der Waals surface area contributed by atoms with Crippen LogP contribution >= 0.6 is 11.3 Å². The Morgan fingerprint density at radius 3 is 2.42 bits per heavy atom. The van der Waals surface area contributed by atoms with E-state index in [1.54, 1.807) is 11.3 Å². The topological polar surface area (TPSA) is 24.9 Å². The van der Waals surface area contributed by atoms with Crippen LogP contribution in [0.15, 0.2) is 29.6 Å². The van der Waals surface area contributed by atoms with Gasteiger partial charge in [0.25, 0.3) is 0 Å². The number of benzene rings is 1. The summed E-state index contributed by atoms with van der Waals surface area (Å²) in [6.45, 7) is 8.58. The zero-order valence-corrected chi connectivity index (χ0v) is 12.9. The summed E-state index contributed by atoms with van der Waals surface area (Å²) in [5, 5.41) is 6.96. The maximum Gasteiger partial charge on any atom is 0.110 e. The molecular formula is C16H22N2S. The predicted molar refractivity (Wildman–Crippen MR) is 82.6 cm³/mol. The molecule has 0 aliphatic rings. The molecule has 2 aromatic rings. The van der Waals surface area contributed by atoms with Crippen molar-refractivity contribution >= 4 is 11.3 Å². The minimum atomic E-state index is 0.296. The van der Waals surface area contributed by atoms with Gasteiger partial charge in [0.05, 0.1) is 6.04 Å². The van der Waals surface area contributed by atoms with Crippen molar-refractivity contribution < 1.29 is 0 Å². The van der Waals surface area contributed by atoms with Gasteiger partial charge >= 0.3 is 0 Å². The van der Waals surface area contributed by atoms with E-state index in [0.717, 1.165) is 12.1 Å². The first-order valence-electron chi connectivity index (χ1n) is 6.84. The maximum atomic E-state index is 4.56. The average Bonchev–Trinajstić information content (AvgIpc) is 2.84. The molecule has 2 rings (SSSR count). The van der Waals surface area contributed by atoms with Crippen LogP contribution in [0.25, 0.3) is 0 Å². The van der Waals surface area contributed by atoms with Crippen molar-refractivity contribution in [3.63, 3.8) is 0 Å². The first-order chi connectivity index (χ1) is 9.10. The molecule has 0 saturated carbocycles. The molecule has 2 atom stereocenters. The second-order valence-electron chi connectivity index (χ2n) is 5.09. The van der Waals surface area contributed by atoms with Crippen molar-refractivity contribution in [1.82, 2.24) is 10.3 Å². The summed E-state index contributed by atoms with van der Waals surface area (Å²) < 4.78 is 0. The van der Waals surface area contributed by atoms with Gasteiger partial charge in [0.1, 0.15) is 5.01 Å². The molecule has 0 aliphatic heterocycles. The fourth-order valence-corrected chi connectivity index (χ4v) is 3.01. The third-order valence-corrected chi connectivity index (χ3v) is 4.49. The van der Waals surface area contributed by atoms with Gasteiger partial charge in [0.15, 0.2) is 0 Å². The number of rotatable bonds is 5. The van der Waals surface area contributed by atoms with Crippen molar-refractivity contribution in [2.24, 2.45) is 0 Å². The predicted octanol–water partition coefficient (Wildman–Crippen LogP) is 4.56. The van der Waals surface area contributed by atoms with E-state index < -0.39 is 0 Å². The molecule has 1 N–H and O–H groups in total. The molecule has 0 spiro atoms. The van der Waals surface area contributed by atoms with Gasteiger partial charge in [-0.25, -0.2) is 4.98 Å². The van der Waals surface area contributed by atoms with E-state index >= 15 is 0 Å². The van der Waals surface area contributed by atoms with Crippen LogP contribution in [0.4, 0.5) is 0 Å². The van der Waals surface area contributed by atoms with Crippen LogP contribution in [0.2, 0.25) is 0 Å². The molecule has 0 bridgehead atoms. The number of hydrogen-bond acceptors (Lipinski definition) is 3. The molecule has 1 aromatic heterocycles. The van der Waals surface area contributed by atoms with Crippen LogP contribution in [-0.4, -0.2) is 4.98 Å². The van der Waals surface area contributed by atoms with Crippen LogP contribution < -0.4 is 5.32 Å². The zero-order chi connectivity index (χ0) is 13.8. The van der Waals surface area contributed by atoms with Gasteiger partial charge in [-0.15, -0.1) is 11.3 Å². The van der Waals surface area contributed by atoms with Crippen molar-refractivity contribution in [1.29, 1.82) is 0 Å². The minimum absolute atomic E-state index is 0.296. The molecule has 19 heavy (non-hydrogen) atoms. The molecule has 102 valence electrons. The number of aromatic nitrogens is 1. The summed E-state index contributed by atoms with van der Waals surface area (Å²) in [4.78, 5) is 4.56. The Hall–Kier alpha value is -1.19. The first kappa shape index (κ1) is 14.2. The highest BCUT2D eigenvalue weighted by Crippen LogP contribution is 2.24. The highest BCUT2D eigenvalue weighted by molar-refractivity contribution is 7.09. The number of hydrogen-bond donors (Lipinski definition) is 1. The lowest BCUT2D eigenvalue weighted by Gasteiger charge is -2.21. The Labute approximate surface area is 119 Å². The van der Waals surface area contributed by atoms with E-state index in [-0.39, 0.29) is 0 Å². The van der Waals surface area contributed by atoms with Gasteiger partial charge in [-0.3, -0.25) is 0 Å². The second kappa shape index (κ2) is 6.31. The monoisotopic (exact) mass is 274 g/mol. The van der Waals surface area contributed by atoms with E-state index in [1.807, 2.05) is 6.92 Å². The third kappa shape index (κ3) is 3.64. The summed E-state index contributed by atoms with van der Waals surface area (Å²) in [5.74, 6) is 0. The van der Waals surface area contributed by atoms with Crippen molar-refractivity contribution in [2.75, 3.05) is 0 Å². The normalized spacial score (nSPS) is 14.3. The molecule has 0 saturated heterocycles. The summed E-state index contributed by atoms with van der Waals surface area (Å²) in [7, 11) is 0. The Balaban J connectivity index is 2.08. The van der Waals surface area contributed by atoms with E-state index in [9.17, 15) is 0 Å². The van der Waals surface area contributed by atoms with E-state index in [0.29, 0.717) is 12.1 Å². The molecule has 3 heteroatoms. The fraction of sp³-hybridized carbons (Fsp3) is 0.438. The van der Waals surface area contributed by atoms with Crippen molar-refractivity contribution in [3.05, 3.63) is 51.5 Å². The van der Waals surface area contributed by atoms with Gasteiger partial charge in [-0.2, -0.15) is 0 Å². The highest BCUT2D eigenvalue weighted by Gasteiger charge is 2.15. The van der Waals surface area contributed by atoms with Crippen LogP contribution in [0.5, 0.6) is 0 Å². The van der Waals surface area contributed by atoms with Gasteiger partial charge in [0, 0.05) is 17.1 Å². The molecule has 0 radical (unpaired) electrons. The standard InChI is InChI=1S/C16H22N2S/c1-5-15(14-8-6-11(2)7-9-14)18-13(4)16-17-12(3)10-19-16/h6-10,13,15,18H,5H2,1-4H3. The van der Waals surface area contributed by atoms with Gasteiger partial charge < -0.3 is 5.32 Å². The second-order valence-corrected chi connectivity index (χ2v) is 5.98. The van der Waals surface area contributed by atoms with E-state index in [1.165, 1.54) is 16.1 Å². The fourth-order valence-electron chi connectivity index (χ4n) is 2.19. The lowest BCUT2D eigenvalue weighted by Crippen LogP contribution is -2.24. The van der Waals surface area contributed by atoms with Gasteiger partial charge in [-0.1, -0.05) is 36.8 Å². The number of nitrogens with zero attached hydrogens (tertiary/aromatic N) is 1. The van der Waals surface area contributed by atoms with Crippen molar-refractivity contribution in [3.8, 4) is 0 Å². The minimum Gasteiger partial charge on any atom is -0.301 e. The summed E-state index contributed by atoms with van der Waals surface area (Å²) in [6, 6.07) is 9.48. The lowest BCUT2D eigenvalue weighted by molar-refractivity contribution is 0.455. The Morgan fingerprint density at radius 2 is 1.89 bits per heavy atom. The summed E-state index contributed by atoms with van der Waals surface area (Å²) in [5.41, 5.74) is 3.77. The van der Waals surface area contributed by atoms with E-state index in [2.05, 4.69) is 60.7 Å². The Bertz CT molecular complexity index is 516. The lowest BCUT2D eigenvalue weighted by atomic mass is 10.0. The van der Waals surface area contributed by atoms with E-state index in [4.69, 9.17) is 0 Å². The van der Waals surface area contributed by atoms with Crippen molar-refractivity contribution in [2.45, 2.75) is 46.2 Å². The molecule has 0 fully saturated rings. The van der Waals surface area contributed by atoms with Crippen LogP contribution in [0, 0.1) is 13.8 Å². The largest absolute Gasteiger partial charge is 0.301 e. The number of thiazole rings is 1. The molecular weight excluding hydrogens is 252 g/mol. The Morgan fingerprint density at radius 1 is 1.21 bits per heavy atom. The van der Waals surface area contributed by atoms with Crippen LogP contribution in [0.1, 0.15) is 54.2 Å². The third-order valence-electron chi connectivity index (χ3n) is 3.35. The number of aryl methyl sites for hydroxylation is 2. The summed E-state index contributed by atoms with van der Waals surface area (Å²) in [6.07, 6.45) is 1.08.